The molecule has 1 fully saturated rings. The maximum atomic E-state index is 12.4. The van der Waals surface area contributed by atoms with E-state index in [0.29, 0.717) is 12.3 Å². The Balaban J connectivity index is 2.85. The molecule has 0 aromatic heterocycles. The second kappa shape index (κ2) is 6.45. The van der Waals surface area contributed by atoms with Crippen LogP contribution in [0.2, 0.25) is 0 Å². The molecule has 1 heterocycles. The van der Waals surface area contributed by atoms with Crippen molar-refractivity contribution >= 4 is 23.6 Å². The Morgan fingerprint density at radius 1 is 1.33 bits per heavy atom. The molecule has 0 aromatic carbocycles. The Labute approximate surface area is 114 Å². The van der Waals surface area contributed by atoms with Gasteiger partial charge in [-0.3, -0.25) is 9.59 Å². The van der Waals surface area contributed by atoms with Crippen LogP contribution in [0.3, 0.4) is 0 Å². The standard InChI is InChI=1S/C13H24N2O2S/c1-8(2)6-11-13(17)15(9(3)7-18-5)10(4)12(16)14-11/h8-11H,6-7H2,1-5H3,(H,14,16). The van der Waals surface area contributed by atoms with E-state index in [2.05, 4.69) is 19.2 Å². The van der Waals surface area contributed by atoms with E-state index in [4.69, 9.17) is 0 Å². The highest BCUT2D eigenvalue weighted by molar-refractivity contribution is 7.98. The van der Waals surface area contributed by atoms with E-state index < -0.39 is 0 Å². The first-order valence-electron chi connectivity index (χ1n) is 6.50. The summed E-state index contributed by atoms with van der Waals surface area (Å²) in [6.07, 6.45) is 2.72. The SMILES string of the molecule is CSCC(C)N1C(=O)C(CC(C)C)NC(=O)C1C. The Morgan fingerprint density at radius 3 is 2.44 bits per heavy atom. The fourth-order valence-corrected chi connectivity index (χ4v) is 3.05. The summed E-state index contributed by atoms with van der Waals surface area (Å²) in [6, 6.07) is -0.607. The number of amides is 2. The minimum Gasteiger partial charge on any atom is -0.343 e. The summed E-state index contributed by atoms with van der Waals surface area (Å²) in [4.78, 5) is 26.1. The van der Waals surface area contributed by atoms with Crippen LogP contribution in [0.4, 0.5) is 0 Å². The third-order valence-corrected chi connectivity index (χ3v) is 4.07. The van der Waals surface area contributed by atoms with E-state index in [9.17, 15) is 9.59 Å². The quantitative estimate of drug-likeness (QED) is 0.825. The van der Waals surface area contributed by atoms with Crippen LogP contribution in [0.5, 0.6) is 0 Å². The van der Waals surface area contributed by atoms with Crippen molar-refractivity contribution < 1.29 is 9.59 Å². The summed E-state index contributed by atoms with van der Waals surface area (Å²) in [7, 11) is 0. The number of hydrogen-bond acceptors (Lipinski definition) is 3. The van der Waals surface area contributed by atoms with Gasteiger partial charge >= 0.3 is 0 Å². The maximum absolute atomic E-state index is 12.4. The van der Waals surface area contributed by atoms with E-state index in [0.717, 1.165) is 5.75 Å². The zero-order valence-corrected chi connectivity index (χ0v) is 12.7. The van der Waals surface area contributed by atoms with Crippen molar-refractivity contribution in [1.82, 2.24) is 10.2 Å². The topological polar surface area (TPSA) is 49.4 Å². The number of thioether (sulfide) groups is 1. The molecule has 0 bridgehead atoms. The molecule has 4 nitrogen and oxygen atoms in total. The highest BCUT2D eigenvalue weighted by atomic mass is 32.2. The smallest absolute Gasteiger partial charge is 0.246 e. The van der Waals surface area contributed by atoms with E-state index in [-0.39, 0.29) is 29.9 Å². The summed E-state index contributed by atoms with van der Waals surface area (Å²) in [5, 5.41) is 2.84. The first-order valence-corrected chi connectivity index (χ1v) is 7.89. The lowest BCUT2D eigenvalue weighted by atomic mass is 9.98. The molecule has 0 radical (unpaired) electrons. The second-order valence-corrected chi connectivity index (χ2v) is 6.33. The number of nitrogens with zero attached hydrogens (tertiary/aromatic N) is 1. The van der Waals surface area contributed by atoms with Crippen LogP contribution in [0, 0.1) is 5.92 Å². The van der Waals surface area contributed by atoms with E-state index >= 15 is 0 Å². The molecule has 5 heteroatoms. The van der Waals surface area contributed by atoms with Gasteiger partial charge in [0.15, 0.2) is 0 Å². The van der Waals surface area contributed by atoms with Crippen molar-refractivity contribution in [2.75, 3.05) is 12.0 Å². The van der Waals surface area contributed by atoms with E-state index in [1.54, 1.807) is 23.6 Å². The van der Waals surface area contributed by atoms with Crippen LogP contribution in [0.25, 0.3) is 0 Å². The summed E-state index contributed by atoms with van der Waals surface area (Å²) >= 11 is 1.70. The average molecular weight is 272 g/mol. The number of piperazine rings is 1. The van der Waals surface area contributed by atoms with Gasteiger partial charge in [-0.25, -0.2) is 0 Å². The van der Waals surface area contributed by atoms with E-state index in [1.807, 2.05) is 13.2 Å². The predicted octanol–water partition coefficient (Wildman–Crippen LogP) is 1.50. The molecule has 1 saturated heterocycles. The lowest BCUT2D eigenvalue weighted by Crippen LogP contribution is -2.65. The van der Waals surface area contributed by atoms with Crippen molar-refractivity contribution in [3.63, 3.8) is 0 Å². The monoisotopic (exact) mass is 272 g/mol. The Morgan fingerprint density at radius 2 is 1.94 bits per heavy atom. The van der Waals surface area contributed by atoms with Crippen LogP contribution in [0.15, 0.2) is 0 Å². The fourth-order valence-electron chi connectivity index (χ4n) is 2.40. The van der Waals surface area contributed by atoms with Crippen molar-refractivity contribution in [3.8, 4) is 0 Å². The third kappa shape index (κ3) is 3.40. The third-order valence-electron chi connectivity index (χ3n) is 3.26. The van der Waals surface area contributed by atoms with Gasteiger partial charge in [0.25, 0.3) is 0 Å². The molecular weight excluding hydrogens is 248 g/mol. The summed E-state index contributed by atoms with van der Waals surface area (Å²) in [5.74, 6) is 1.29. The van der Waals surface area contributed by atoms with Crippen molar-refractivity contribution in [1.29, 1.82) is 0 Å². The molecular formula is C13H24N2O2S. The molecule has 104 valence electrons. The van der Waals surface area contributed by atoms with Crippen LogP contribution in [0.1, 0.15) is 34.1 Å². The van der Waals surface area contributed by atoms with Gasteiger partial charge in [-0.05, 0) is 32.4 Å². The van der Waals surface area contributed by atoms with Crippen molar-refractivity contribution in [2.24, 2.45) is 5.92 Å². The van der Waals surface area contributed by atoms with Gasteiger partial charge in [0.05, 0.1) is 0 Å². The van der Waals surface area contributed by atoms with E-state index in [1.165, 1.54) is 0 Å². The molecule has 0 saturated carbocycles. The number of carbonyl (C=O) groups is 2. The second-order valence-electron chi connectivity index (χ2n) is 5.42. The van der Waals surface area contributed by atoms with Gasteiger partial charge in [-0.1, -0.05) is 13.8 Å². The highest BCUT2D eigenvalue weighted by Gasteiger charge is 2.40. The number of nitrogens with one attached hydrogen (secondary N) is 1. The Bertz CT molecular complexity index is 320. The van der Waals surface area contributed by atoms with Crippen LogP contribution in [-0.4, -0.2) is 46.8 Å². The lowest BCUT2D eigenvalue weighted by molar-refractivity contribution is -0.150. The molecule has 1 aliphatic heterocycles. The Kier molecular flexibility index (Phi) is 5.50. The first kappa shape index (κ1) is 15.3. The molecule has 2 amide bonds. The van der Waals surface area contributed by atoms with Gasteiger partial charge in [0.2, 0.25) is 11.8 Å². The molecule has 3 unspecified atom stereocenters. The minimum absolute atomic E-state index is 0.0341. The number of rotatable bonds is 5. The molecule has 0 spiro atoms. The molecule has 0 aliphatic carbocycles. The predicted molar refractivity (Wildman–Crippen MR) is 75.5 cm³/mol. The van der Waals surface area contributed by atoms with Crippen molar-refractivity contribution in [3.05, 3.63) is 0 Å². The summed E-state index contributed by atoms with van der Waals surface area (Å²) in [5.41, 5.74) is 0. The Hall–Kier alpha value is -0.710. The van der Waals surface area contributed by atoms with Crippen LogP contribution >= 0.6 is 11.8 Å². The van der Waals surface area contributed by atoms with Crippen molar-refractivity contribution in [2.45, 2.75) is 52.2 Å². The molecule has 0 aromatic rings. The van der Waals surface area contributed by atoms with Gasteiger partial charge in [-0.15, -0.1) is 0 Å². The summed E-state index contributed by atoms with van der Waals surface area (Å²) in [6.45, 7) is 7.94. The molecule has 1 N–H and O–H groups in total. The molecule has 1 aliphatic rings. The zero-order valence-electron chi connectivity index (χ0n) is 11.9. The van der Waals surface area contributed by atoms with Crippen LogP contribution < -0.4 is 5.32 Å². The van der Waals surface area contributed by atoms with Gasteiger partial charge in [0, 0.05) is 11.8 Å². The fraction of sp³-hybridized carbons (Fsp3) is 0.846. The number of hydrogen-bond donors (Lipinski definition) is 1. The molecule has 18 heavy (non-hydrogen) atoms. The lowest BCUT2D eigenvalue weighted by Gasteiger charge is -2.41. The number of carbonyl (C=O) groups excluding carboxylic acids is 2. The highest BCUT2D eigenvalue weighted by Crippen LogP contribution is 2.19. The molecule has 1 rings (SSSR count). The zero-order chi connectivity index (χ0) is 13.9. The van der Waals surface area contributed by atoms with Gasteiger partial charge < -0.3 is 10.2 Å². The van der Waals surface area contributed by atoms with Gasteiger partial charge in [0.1, 0.15) is 12.1 Å². The van der Waals surface area contributed by atoms with Crippen LogP contribution in [-0.2, 0) is 9.59 Å². The average Bonchev–Trinajstić information content (AvgIpc) is 2.26. The molecule has 3 atom stereocenters. The summed E-state index contributed by atoms with van der Waals surface area (Å²) < 4.78 is 0. The first-order chi connectivity index (χ1) is 8.38. The maximum Gasteiger partial charge on any atom is 0.246 e. The normalized spacial score (nSPS) is 26.4. The minimum atomic E-state index is -0.358. The largest absolute Gasteiger partial charge is 0.343 e. The van der Waals surface area contributed by atoms with Gasteiger partial charge in [-0.2, -0.15) is 11.8 Å².